The maximum atomic E-state index is 6.21. The highest BCUT2D eigenvalue weighted by Gasteiger charge is 2.16. The number of nitrogens with zero attached hydrogens (tertiary/aromatic N) is 1. The monoisotopic (exact) mass is 310 g/mol. The van der Waals surface area contributed by atoms with Crippen molar-refractivity contribution >= 4 is 17.3 Å². The molecule has 0 radical (unpaired) electrons. The number of anilines is 1. The number of hydrogen-bond acceptors (Lipinski definition) is 2. The van der Waals surface area contributed by atoms with Gasteiger partial charge in [0, 0.05) is 29.8 Å². The Kier molecular flexibility index (Phi) is 8.79. The Bertz CT molecular complexity index is 406. The molecule has 1 unspecified atom stereocenters. The van der Waals surface area contributed by atoms with Crippen molar-refractivity contribution in [2.24, 2.45) is 0 Å². The fraction of sp³-hybridized carbons (Fsp3) is 0.667. The normalized spacial score (nSPS) is 12.4. The average Bonchev–Trinajstić information content (AvgIpc) is 2.49. The summed E-state index contributed by atoms with van der Waals surface area (Å²) in [5.41, 5.74) is 2.65. The first-order valence-corrected chi connectivity index (χ1v) is 8.77. The van der Waals surface area contributed by atoms with Crippen LogP contribution in [0.4, 0.5) is 5.69 Å². The van der Waals surface area contributed by atoms with Crippen LogP contribution < -0.4 is 10.2 Å². The Balaban J connectivity index is 2.98. The van der Waals surface area contributed by atoms with E-state index in [1.807, 2.05) is 6.07 Å². The van der Waals surface area contributed by atoms with E-state index < -0.39 is 0 Å². The molecule has 0 aliphatic rings. The van der Waals surface area contributed by atoms with Crippen LogP contribution in [-0.2, 0) is 6.54 Å². The molecular weight excluding hydrogens is 280 g/mol. The molecule has 0 saturated carbocycles. The molecule has 1 rings (SSSR count). The first-order chi connectivity index (χ1) is 10.1. The standard InChI is InChI=1S/C18H31ClN2/c1-5-8-12-21(15(4)7-3)18-10-9-17(19)13-16(18)14-20-11-6-2/h9-10,13,15,20H,5-8,11-12,14H2,1-4H3. The van der Waals surface area contributed by atoms with Crippen molar-refractivity contribution in [1.82, 2.24) is 5.32 Å². The van der Waals surface area contributed by atoms with Gasteiger partial charge in [-0.3, -0.25) is 0 Å². The molecule has 0 spiro atoms. The Hall–Kier alpha value is -0.730. The Morgan fingerprint density at radius 3 is 2.57 bits per heavy atom. The van der Waals surface area contributed by atoms with Gasteiger partial charge in [0.2, 0.25) is 0 Å². The summed E-state index contributed by atoms with van der Waals surface area (Å²) >= 11 is 6.21. The molecule has 0 bridgehead atoms. The SMILES string of the molecule is CCCCN(c1ccc(Cl)cc1CNCCC)C(C)CC. The molecule has 120 valence electrons. The van der Waals surface area contributed by atoms with Gasteiger partial charge in [-0.15, -0.1) is 0 Å². The predicted molar refractivity (Wildman–Crippen MR) is 95.5 cm³/mol. The van der Waals surface area contributed by atoms with E-state index in [0.717, 1.165) is 37.5 Å². The third-order valence-electron chi connectivity index (χ3n) is 3.97. The molecule has 1 aromatic rings. The van der Waals surface area contributed by atoms with Gasteiger partial charge in [0.1, 0.15) is 0 Å². The van der Waals surface area contributed by atoms with Crippen LogP contribution in [0.5, 0.6) is 0 Å². The van der Waals surface area contributed by atoms with Crippen LogP contribution in [0.3, 0.4) is 0 Å². The summed E-state index contributed by atoms with van der Waals surface area (Å²) < 4.78 is 0. The van der Waals surface area contributed by atoms with Gasteiger partial charge < -0.3 is 10.2 Å². The zero-order chi connectivity index (χ0) is 15.7. The zero-order valence-corrected chi connectivity index (χ0v) is 14.8. The van der Waals surface area contributed by atoms with Gasteiger partial charge in [0.05, 0.1) is 0 Å². The zero-order valence-electron chi connectivity index (χ0n) is 14.1. The number of benzene rings is 1. The summed E-state index contributed by atoms with van der Waals surface area (Å²) in [7, 11) is 0. The van der Waals surface area contributed by atoms with Crippen molar-refractivity contribution in [2.75, 3.05) is 18.0 Å². The largest absolute Gasteiger partial charge is 0.369 e. The van der Waals surface area contributed by atoms with Crippen LogP contribution in [0.25, 0.3) is 0 Å². The van der Waals surface area contributed by atoms with Crippen molar-refractivity contribution in [3.8, 4) is 0 Å². The first kappa shape index (κ1) is 18.3. The third-order valence-corrected chi connectivity index (χ3v) is 4.20. The number of rotatable bonds is 10. The van der Waals surface area contributed by atoms with E-state index in [-0.39, 0.29) is 0 Å². The van der Waals surface area contributed by atoms with Crippen molar-refractivity contribution in [3.05, 3.63) is 28.8 Å². The Morgan fingerprint density at radius 1 is 1.19 bits per heavy atom. The highest BCUT2D eigenvalue weighted by atomic mass is 35.5. The number of unbranched alkanes of at least 4 members (excludes halogenated alkanes) is 1. The fourth-order valence-corrected chi connectivity index (χ4v) is 2.70. The van der Waals surface area contributed by atoms with E-state index in [0.29, 0.717) is 6.04 Å². The molecule has 3 heteroatoms. The number of halogens is 1. The topological polar surface area (TPSA) is 15.3 Å². The maximum Gasteiger partial charge on any atom is 0.0415 e. The van der Waals surface area contributed by atoms with Crippen molar-refractivity contribution in [2.45, 2.75) is 66.0 Å². The Labute approximate surface area is 135 Å². The van der Waals surface area contributed by atoms with Crippen LogP contribution in [0.2, 0.25) is 5.02 Å². The molecule has 0 saturated heterocycles. The van der Waals surface area contributed by atoms with Gasteiger partial charge in [-0.05, 0) is 56.5 Å². The van der Waals surface area contributed by atoms with Crippen molar-refractivity contribution in [1.29, 1.82) is 0 Å². The van der Waals surface area contributed by atoms with Crippen LogP contribution in [0.15, 0.2) is 18.2 Å². The molecule has 0 aliphatic heterocycles. The number of hydrogen-bond donors (Lipinski definition) is 1. The third kappa shape index (κ3) is 5.88. The highest BCUT2D eigenvalue weighted by Crippen LogP contribution is 2.27. The van der Waals surface area contributed by atoms with E-state index in [2.05, 4.69) is 50.0 Å². The van der Waals surface area contributed by atoms with E-state index in [1.165, 1.54) is 24.1 Å². The minimum Gasteiger partial charge on any atom is -0.369 e. The van der Waals surface area contributed by atoms with Gasteiger partial charge in [-0.2, -0.15) is 0 Å². The number of nitrogens with one attached hydrogen (secondary N) is 1. The second-order valence-electron chi connectivity index (χ2n) is 5.75. The van der Waals surface area contributed by atoms with Crippen LogP contribution in [0, 0.1) is 0 Å². The molecule has 2 nitrogen and oxygen atoms in total. The summed E-state index contributed by atoms with van der Waals surface area (Å²) in [5.74, 6) is 0. The molecule has 1 aromatic carbocycles. The molecule has 1 N–H and O–H groups in total. The second kappa shape index (κ2) is 10.1. The predicted octanol–water partition coefficient (Wildman–Crippen LogP) is 5.24. The molecule has 0 heterocycles. The van der Waals surface area contributed by atoms with E-state index in [4.69, 9.17) is 11.6 Å². The molecule has 0 aliphatic carbocycles. The second-order valence-corrected chi connectivity index (χ2v) is 6.19. The lowest BCUT2D eigenvalue weighted by Crippen LogP contribution is -2.34. The maximum absolute atomic E-state index is 6.21. The minimum atomic E-state index is 0.558. The molecular formula is C18H31ClN2. The van der Waals surface area contributed by atoms with Gasteiger partial charge in [-0.1, -0.05) is 38.8 Å². The summed E-state index contributed by atoms with van der Waals surface area (Å²) in [6.45, 7) is 12.1. The van der Waals surface area contributed by atoms with Crippen LogP contribution >= 0.6 is 11.6 Å². The lowest BCUT2D eigenvalue weighted by Gasteiger charge is -2.33. The van der Waals surface area contributed by atoms with Gasteiger partial charge in [0.25, 0.3) is 0 Å². The van der Waals surface area contributed by atoms with E-state index >= 15 is 0 Å². The van der Waals surface area contributed by atoms with E-state index in [1.54, 1.807) is 0 Å². The quantitative estimate of drug-likeness (QED) is 0.594. The molecule has 0 amide bonds. The molecule has 0 fully saturated rings. The fourth-order valence-electron chi connectivity index (χ4n) is 2.50. The van der Waals surface area contributed by atoms with Crippen molar-refractivity contribution < 1.29 is 0 Å². The molecule has 0 aromatic heterocycles. The van der Waals surface area contributed by atoms with Crippen LogP contribution in [-0.4, -0.2) is 19.1 Å². The average molecular weight is 311 g/mol. The van der Waals surface area contributed by atoms with E-state index in [9.17, 15) is 0 Å². The van der Waals surface area contributed by atoms with Gasteiger partial charge >= 0.3 is 0 Å². The van der Waals surface area contributed by atoms with Gasteiger partial charge in [0.15, 0.2) is 0 Å². The first-order valence-electron chi connectivity index (χ1n) is 8.39. The summed E-state index contributed by atoms with van der Waals surface area (Å²) in [5, 5.41) is 4.33. The smallest absolute Gasteiger partial charge is 0.0415 e. The summed E-state index contributed by atoms with van der Waals surface area (Å²) in [4.78, 5) is 2.54. The summed E-state index contributed by atoms with van der Waals surface area (Å²) in [6.07, 6.45) is 4.77. The lowest BCUT2D eigenvalue weighted by atomic mass is 10.1. The van der Waals surface area contributed by atoms with Gasteiger partial charge in [-0.25, -0.2) is 0 Å². The highest BCUT2D eigenvalue weighted by molar-refractivity contribution is 6.30. The minimum absolute atomic E-state index is 0.558. The Morgan fingerprint density at radius 2 is 1.95 bits per heavy atom. The molecule has 1 atom stereocenters. The van der Waals surface area contributed by atoms with Crippen LogP contribution in [0.1, 0.15) is 58.9 Å². The summed E-state index contributed by atoms with van der Waals surface area (Å²) in [6, 6.07) is 6.87. The lowest BCUT2D eigenvalue weighted by molar-refractivity contribution is 0.590. The molecule has 21 heavy (non-hydrogen) atoms. The van der Waals surface area contributed by atoms with Crippen molar-refractivity contribution in [3.63, 3.8) is 0 Å².